The normalized spacial score (nSPS) is 10.2. The second-order valence-corrected chi connectivity index (χ2v) is 4.37. The van der Waals surface area contributed by atoms with Crippen LogP contribution >= 0.6 is 27.5 Å². The fourth-order valence-electron chi connectivity index (χ4n) is 1.24. The molecule has 0 atom stereocenters. The standard InChI is InChI=1S/C10H7BrClN3O2/c11-7-8(10(16)17)14-15-9(7)13-6-4-2-1-3-5(6)12/h1-4H,(H,16,17)(H2,13,14,15). The van der Waals surface area contributed by atoms with Crippen LogP contribution in [0.4, 0.5) is 11.5 Å². The Labute approximate surface area is 110 Å². The summed E-state index contributed by atoms with van der Waals surface area (Å²) in [6, 6.07) is 7.11. The maximum absolute atomic E-state index is 10.8. The summed E-state index contributed by atoms with van der Waals surface area (Å²) >= 11 is 9.12. The molecular weight excluding hydrogens is 309 g/mol. The Balaban J connectivity index is 2.31. The van der Waals surface area contributed by atoms with Gasteiger partial charge in [0.05, 0.1) is 15.2 Å². The number of aromatic amines is 1. The number of benzene rings is 1. The Morgan fingerprint density at radius 3 is 2.76 bits per heavy atom. The lowest BCUT2D eigenvalue weighted by molar-refractivity contribution is 0.0689. The van der Waals surface area contributed by atoms with Crippen LogP contribution in [0.25, 0.3) is 0 Å². The van der Waals surface area contributed by atoms with Gasteiger partial charge in [-0.15, -0.1) is 0 Å². The van der Waals surface area contributed by atoms with Crippen molar-refractivity contribution in [3.63, 3.8) is 0 Å². The molecule has 2 aromatic rings. The molecule has 0 aliphatic rings. The van der Waals surface area contributed by atoms with Gasteiger partial charge in [0.15, 0.2) is 11.5 Å². The molecule has 1 aromatic heterocycles. The third kappa shape index (κ3) is 2.42. The molecule has 5 nitrogen and oxygen atoms in total. The van der Waals surface area contributed by atoms with E-state index in [-0.39, 0.29) is 5.69 Å². The van der Waals surface area contributed by atoms with Crippen LogP contribution < -0.4 is 5.32 Å². The number of carboxylic acid groups (broad SMARTS) is 1. The number of nitrogens with one attached hydrogen (secondary N) is 2. The minimum absolute atomic E-state index is 0.0143. The van der Waals surface area contributed by atoms with Gasteiger partial charge in [-0.1, -0.05) is 23.7 Å². The van der Waals surface area contributed by atoms with Gasteiger partial charge in [-0.05, 0) is 28.1 Å². The van der Waals surface area contributed by atoms with Crippen molar-refractivity contribution in [2.45, 2.75) is 0 Å². The molecule has 88 valence electrons. The molecule has 0 aliphatic carbocycles. The van der Waals surface area contributed by atoms with Gasteiger partial charge >= 0.3 is 5.97 Å². The largest absolute Gasteiger partial charge is 0.476 e. The predicted molar refractivity (Wildman–Crippen MR) is 68.0 cm³/mol. The predicted octanol–water partition coefficient (Wildman–Crippen LogP) is 3.27. The lowest BCUT2D eigenvalue weighted by Crippen LogP contribution is -1.97. The van der Waals surface area contributed by atoms with Crippen LogP contribution in [0.5, 0.6) is 0 Å². The van der Waals surface area contributed by atoms with E-state index < -0.39 is 5.97 Å². The fraction of sp³-hybridized carbons (Fsp3) is 0. The summed E-state index contributed by atoms with van der Waals surface area (Å²) < 4.78 is 0.352. The first kappa shape index (κ1) is 11.9. The quantitative estimate of drug-likeness (QED) is 0.812. The number of anilines is 2. The van der Waals surface area contributed by atoms with E-state index in [1.54, 1.807) is 18.2 Å². The van der Waals surface area contributed by atoms with Crippen LogP contribution in [0.2, 0.25) is 5.02 Å². The molecule has 1 aromatic carbocycles. The molecule has 0 amide bonds. The van der Waals surface area contributed by atoms with Crippen molar-refractivity contribution < 1.29 is 9.90 Å². The molecule has 1 heterocycles. The van der Waals surface area contributed by atoms with Gasteiger partial charge in [0, 0.05) is 0 Å². The number of hydrogen-bond donors (Lipinski definition) is 3. The average Bonchev–Trinajstić information content (AvgIpc) is 2.64. The van der Waals surface area contributed by atoms with Crippen molar-refractivity contribution >= 4 is 45.0 Å². The Hall–Kier alpha value is -1.53. The van der Waals surface area contributed by atoms with Crippen molar-refractivity contribution in [1.29, 1.82) is 0 Å². The van der Waals surface area contributed by atoms with Crippen LogP contribution in [0.15, 0.2) is 28.7 Å². The van der Waals surface area contributed by atoms with E-state index in [2.05, 4.69) is 31.4 Å². The van der Waals surface area contributed by atoms with Crippen LogP contribution in [-0.4, -0.2) is 21.3 Å². The minimum Gasteiger partial charge on any atom is -0.476 e. The summed E-state index contributed by atoms with van der Waals surface area (Å²) in [6.07, 6.45) is 0. The van der Waals surface area contributed by atoms with Gasteiger partial charge < -0.3 is 10.4 Å². The SMILES string of the molecule is O=C(O)c1[nH]nc(Nc2ccccc2Cl)c1Br. The van der Waals surface area contributed by atoms with Crippen molar-refractivity contribution in [3.05, 3.63) is 39.5 Å². The molecule has 0 radical (unpaired) electrons. The zero-order chi connectivity index (χ0) is 12.4. The minimum atomic E-state index is -1.09. The number of H-pyrrole nitrogens is 1. The highest BCUT2D eigenvalue weighted by molar-refractivity contribution is 9.10. The molecule has 17 heavy (non-hydrogen) atoms. The lowest BCUT2D eigenvalue weighted by Gasteiger charge is -2.05. The molecule has 3 N–H and O–H groups in total. The molecule has 0 fully saturated rings. The highest BCUT2D eigenvalue weighted by Gasteiger charge is 2.16. The number of rotatable bonds is 3. The second kappa shape index (κ2) is 4.77. The van der Waals surface area contributed by atoms with Gasteiger partial charge in [-0.25, -0.2) is 4.79 Å². The van der Waals surface area contributed by atoms with E-state index in [4.69, 9.17) is 16.7 Å². The van der Waals surface area contributed by atoms with E-state index in [0.717, 1.165) is 0 Å². The highest BCUT2D eigenvalue weighted by Crippen LogP contribution is 2.29. The van der Waals surface area contributed by atoms with Crippen LogP contribution in [0.1, 0.15) is 10.5 Å². The Morgan fingerprint density at radius 2 is 2.18 bits per heavy atom. The number of para-hydroxylation sites is 1. The number of hydrogen-bond acceptors (Lipinski definition) is 3. The monoisotopic (exact) mass is 315 g/mol. The van der Waals surface area contributed by atoms with Crippen molar-refractivity contribution in [1.82, 2.24) is 10.2 Å². The Morgan fingerprint density at radius 1 is 1.47 bits per heavy atom. The van der Waals surface area contributed by atoms with Gasteiger partial charge in [0.1, 0.15) is 0 Å². The van der Waals surface area contributed by atoms with Crippen molar-refractivity contribution in [2.24, 2.45) is 0 Å². The topological polar surface area (TPSA) is 78.0 Å². The molecule has 0 aliphatic heterocycles. The van der Waals surface area contributed by atoms with Gasteiger partial charge in [0.2, 0.25) is 0 Å². The number of carboxylic acids is 1. The third-order valence-electron chi connectivity index (χ3n) is 2.05. The summed E-state index contributed by atoms with van der Waals surface area (Å²) in [5.41, 5.74) is 0.637. The summed E-state index contributed by atoms with van der Waals surface area (Å²) in [5, 5.41) is 18.6. The fourth-order valence-corrected chi connectivity index (χ4v) is 1.87. The molecule has 2 rings (SSSR count). The Bertz CT molecular complexity index is 570. The highest BCUT2D eigenvalue weighted by atomic mass is 79.9. The zero-order valence-corrected chi connectivity index (χ0v) is 10.7. The van der Waals surface area contributed by atoms with Gasteiger partial charge in [-0.2, -0.15) is 5.10 Å². The van der Waals surface area contributed by atoms with Crippen molar-refractivity contribution in [2.75, 3.05) is 5.32 Å². The smallest absolute Gasteiger partial charge is 0.355 e. The van der Waals surface area contributed by atoms with Crippen LogP contribution in [0.3, 0.4) is 0 Å². The molecular formula is C10H7BrClN3O2. The second-order valence-electron chi connectivity index (χ2n) is 3.17. The summed E-state index contributed by atoms with van der Waals surface area (Å²) in [4.78, 5) is 10.8. The van der Waals surface area contributed by atoms with Gasteiger partial charge in [0.25, 0.3) is 0 Å². The summed E-state index contributed by atoms with van der Waals surface area (Å²) in [5.74, 6) is -0.716. The Kier molecular flexibility index (Phi) is 3.35. The first-order valence-electron chi connectivity index (χ1n) is 4.58. The number of aromatic nitrogens is 2. The van der Waals surface area contributed by atoms with E-state index in [0.29, 0.717) is 21.0 Å². The number of halogens is 2. The zero-order valence-electron chi connectivity index (χ0n) is 8.37. The molecule has 0 saturated carbocycles. The number of carbonyl (C=O) groups is 1. The van der Waals surface area contributed by atoms with E-state index >= 15 is 0 Å². The summed E-state index contributed by atoms with van der Waals surface area (Å²) in [7, 11) is 0. The van der Waals surface area contributed by atoms with Crippen LogP contribution in [-0.2, 0) is 0 Å². The molecule has 0 saturated heterocycles. The maximum atomic E-state index is 10.8. The molecule has 7 heteroatoms. The van der Waals surface area contributed by atoms with E-state index in [1.807, 2.05) is 6.07 Å². The lowest BCUT2D eigenvalue weighted by atomic mass is 10.3. The van der Waals surface area contributed by atoms with Gasteiger partial charge in [-0.3, -0.25) is 5.10 Å². The summed E-state index contributed by atoms with van der Waals surface area (Å²) in [6.45, 7) is 0. The first-order chi connectivity index (χ1) is 8.09. The first-order valence-corrected chi connectivity index (χ1v) is 5.75. The van der Waals surface area contributed by atoms with E-state index in [9.17, 15) is 4.79 Å². The molecule has 0 spiro atoms. The number of nitrogens with zero attached hydrogens (tertiary/aromatic N) is 1. The maximum Gasteiger partial charge on any atom is 0.355 e. The number of aromatic carboxylic acids is 1. The molecule has 0 bridgehead atoms. The van der Waals surface area contributed by atoms with Crippen molar-refractivity contribution in [3.8, 4) is 0 Å². The van der Waals surface area contributed by atoms with Crippen LogP contribution in [0, 0.1) is 0 Å². The third-order valence-corrected chi connectivity index (χ3v) is 3.15. The molecule has 0 unspecified atom stereocenters. The van der Waals surface area contributed by atoms with E-state index in [1.165, 1.54) is 0 Å². The average molecular weight is 317 g/mol.